The van der Waals surface area contributed by atoms with Gasteiger partial charge in [0, 0.05) is 19.2 Å². The third kappa shape index (κ3) is 2.99. The monoisotopic (exact) mass is 287 g/mol. The van der Waals surface area contributed by atoms with E-state index in [-0.39, 0.29) is 12.1 Å². The number of hydrogen-bond donors (Lipinski definition) is 1. The molecule has 5 nitrogen and oxygen atoms in total. The van der Waals surface area contributed by atoms with Crippen LogP contribution in [0.1, 0.15) is 43.7 Å². The molecule has 0 spiro atoms. The van der Waals surface area contributed by atoms with Gasteiger partial charge in [-0.25, -0.2) is 0 Å². The Hall–Kier alpha value is -1.72. The van der Waals surface area contributed by atoms with Crippen molar-refractivity contribution in [2.24, 2.45) is 0 Å². The summed E-state index contributed by atoms with van der Waals surface area (Å²) in [5.74, 6) is 1.80. The second-order valence-electron chi connectivity index (χ2n) is 5.79. The second-order valence-corrected chi connectivity index (χ2v) is 5.79. The molecule has 2 atom stereocenters. The summed E-state index contributed by atoms with van der Waals surface area (Å²) in [6.07, 6.45) is 1.08. The molecule has 1 saturated heterocycles. The number of nitrogens with zero attached hydrogens (tertiary/aromatic N) is 2. The predicted molar refractivity (Wildman–Crippen MR) is 80.0 cm³/mol. The van der Waals surface area contributed by atoms with Crippen molar-refractivity contribution in [1.29, 1.82) is 0 Å². The van der Waals surface area contributed by atoms with Crippen LogP contribution in [0.25, 0.3) is 11.4 Å². The maximum absolute atomic E-state index is 5.39. The zero-order valence-electron chi connectivity index (χ0n) is 12.7. The summed E-state index contributed by atoms with van der Waals surface area (Å²) < 4.78 is 10.7. The van der Waals surface area contributed by atoms with Gasteiger partial charge in [0.2, 0.25) is 11.7 Å². The number of methoxy groups -OCH3 is 1. The molecule has 21 heavy (non-hydrogen) atoms. The van der Waals surface area contributed by atoms with Gasteiger partial charge < -0.3 is 14.6 Å². The average molecular weight is 287 g/mol. The number of benzene rings is 1. The highest BCUT2D eigenvalue weighted by atomic mass is 16.5. The molecule has 0 saturated carbocycles. The Morgan fingerprint density at radius 3 is 2.67 bits per heavy atom. The van der Waals surface area contributed by atoms with Crippen LogP contribution >= 0.6 is 0 Å². The Morgan fingerprint density at radius 1 is 1.29 bits per heavy atom. The largest absolute Gasteiger partial charge is 0.380 e. The van der Waals surface area contributed by atoms with E-state index >= 15 is 0 Å². The number of nitrogens with one attached hydrogen (secondary N) is 1. The lowest BCUT2D eigenvalue weighted by molar-refractivity contribution is 0.116. The van der Waals surface area contributed by atoms with E-state index in [4.69, 9.17) is 9.26 Å². The summed E-state index contributed by atoms with van der Waals surface area (Å²) >= 11 is 0. The lowest BCUT2D eigenvalue weighted by atomic mass is 10.0. The van der Waals surface area contributed by atoms with Crippen LogP contribution in [0.5, 0.6) is 0 Å². The first-order valence-corrected chi connectivity index (χ1v) is 7.37. The van der Waals surface area contributed by atoms with Crippen molar-refractivity contribution >= 4 is 0 Å². The molecule has 112 valence electrons. The smallest absolute Gasteiger partial charge is 0.244 e. The van der Waals surface area contributed by atoms with Gasteiger partial charge in [-0.2, -0.15) is 4.98 Å². The topological polar surface area (TPSA) is 60.2 Å². The van der Waals surface area contributed by atoms with Gasteiger partial charge in [-0.3, -0.25) is 0 Å². The van der Waals surface area contributed by atoms with Crippen LogP contribution in [0.15, 0.2) is 28.8 Å². The Bertz CT molecular complexity index is 592. The van der Waals surface area contributed by atoms with Crippen molar-refractivity contribution in [2.45, 2.75) is 38.3 Å². The van der Waals surface area contributed by atoms with E-state index in [9.17, 15) is 0 Å². The Labute approximate surface area is 124 Å². The van der Waals surface area contributed by atoms with E-state index in [0.29, 0.717) is 17.6 Å². The van der Waals surface area contributed by atoms with Gasteiger partial charge in [0.05, 0.1) is 12.1 Å². The molecule has 2 aromatic rings. The van der Waals surface area contributed by atoms with Crippen LogP contribution in [-0.4, -0.2) is 29.9 Å². The van der Waals surface area contributed by atoms with Gasteiger partial charge in [0.15, 0.2) is 0 Å². The quantitative estimate of drug-likeness (QED) is 0.937. The molecular formula is C16H21N3O2. The molecule has 0 radical (unpaired) electrons. The molecule has 0 amide bonds. The molecule has 1 aromatic heterocycles. The lowest BCUT2D eigenvalue weighted by Crippen LogP contribution is -2.16. The fourth-order valence-electron chi connectivity index (χ4n) is 2.58. The van der Waals surface area contributed by atoms with Gasteiger partial charge >= 0.3 is 0 Å². The number of aromatic nitrogens is 2. The van der Waals surface area contributed by atoms with Crippen molar-refractivity contribution < 1.29 is 9.26 Å². The van der Waals surface area contributed by atoms with E-state index in [2.05, 4.69) is 41.4 Å². The van der Waals surface area contributed by atoms with E-state index in [1.807, 2.05) is 12.1 Å². The number of ether oxygens (including phenoxy) is 1. The fraction of sp³-hybridized carbons (Fsp3) is 0.500. The SMILES string of the molecule is CO[C@@H]1CN[C@@H](c2nc(-c3ccc(C(C)C)cc3)no2)C1. The van der Waals surface area contributed by atoms with E-state index < -0.39 is 0 Å². The first-order chi connectivity index (χ1) is 10.2. The van der Waals surface area contributed by atoms with Crippen molar-refractivity contribution in [1.82, 2.24) is 15.5 Å². The summed E-state index contributed by atoms with van der Waals surface area (Å²) in [5.41, 5.74) is 2.29. The minimum atomic E-state index is 0.0890. The standard InChI is InChI=1S/C16H21N3O2/c1-10(2)11-4-6-12(7-5-11)15-18-16(21-19-15)14-8-13(20-3)9-17-14/h4-7,10,13-14,17H,8-9H2,1-3H3/t13-,14+/m0/s1. The first-order valence-electron chi connectivity index (χ1n) is 7.37. The maximum atomic E-state index is 5.39. The predicted octanol–water partition coefficient (Wildman–Crippen LogP) is 2.91. The molecule has 1 fully saturated rings. The molecule has 1 aliphatic rings. The van der Waals surface area contributed by atoms with Crippen LogP contribution < -0.4 is 5.32 Å². The molecule has 0 aliphatic carbocycles. The zero-order valence-corrected chi connectivity index (χ0v) is 12.7. The molecule has 0 unspecified atom stereocenters. The van der Waals surface area contributed by atoms with Crippen LogP contribution in [-0.2, 0) is 4.74 Å². The third-order valence-electron chi connectivity index (χ3n) is 4.00. The summed E-state index contributed by atoms with van der Waals surface area (Å²) in [6.45, 7) is 5.18. The molecule has 0 bridgehead atoms. The van der Waals surface area contributed by atoms with Crippen molar-refractivity contribution in [2.75, 3.05) is 13.7 Å². The molecular weight excluding hydrogens is 266 g/mol. The third-order valence-corrected chi connectivity index (χ3v) is 4.00. The molecule has 1 N–H and O–H groups in total. The number of hydrogen-bond acceptors (Lipinski definition) is 5. The molecule has 1 aliphatic heterocycles. The average Bonchev–Trinajstić information content (AvgIpc) is 3.16. The summed E-state index contributed by atoms with van der Waals surface area (Å²) in [7, 11) is 1.73. The molecule has 1 aromatic carbocycles. The normalized spacial score (nSPS) is 22.1. The highest BCUT2D eigenvalue weighted by molar-refractivity contribution is 5.54. The van der Waals surface area contributed by atoms with Gasteiger partial charge in [-0.15, -0.1) is 0 Å². The molecule has 2 heterocycles. The minimum Gasteiger partial charge on any atom is -0.380 e. The van der Waals surface area contributed by atoms with Gasteiger partial charge in [0.25, 0.3) is 0 Å². The van der Waals surface area contributed by atoms with Crippen LogP contribution in [0.2, 0.25) is 0 Å². The Morgan fingerprint density at radius 2 is 2.05 bits per heavy atom. The second kappa shape index (κ2) is 5.95. The van der Waals surface area contributed by atoms with Gasteiger partial charge in [-0.1, -0.05) is 43.3 Å². The van der Waals surface area contributed by atoms with Gasteiger partial charge in [-0.05, 0) is 17.9 Å². The molecule has 3 rings (SSSR count). The van der Waals surface area contributed by atoms with Crippen LogP contribution in [0.3, 0.4) is 0 Å². The Balaban J connectivity index is 1.75. The lowest BCUT2D eigenvalue weighted by Gasteiger charge is -2.05. The van der Waals surface area contributed by atoms with E-state index in [1.165, 1.54) is 5.56 Å². The van der Waals surface area contributed by atoms with Crippen molar-refractivity contribution in [3.63, 3.8) is 0 Å². The van der Waals surface area contributed by atoms with E-state index in [1.54, 1.807) is 7.11 Å². The number of rotatable bonds is 4. The maximum Gasteiger partial charge on any atom is 0.244 e. The van der Waals surface area contributed by atoms with E-state index in [0.717, 1.165) is 18.5 Å². The minimum absolute atomic E-state index is 0.0890. The highest BCUT2D eigenvalue weighted by Gasteiger charge is 2.29. The Kier molecular flexibility index (Phi) is 4.03. The van der Waals surface area contributed by atoms with Crippen LogP contribution in [0.4, 0.5) is 0 Å². The summed E-state index contributed by atoms with van der Waals surface area (Å²) in [5, 5.41) is 7.43. The van der Waals surface area contributed by atoms with Crippen molar-refractivity contribution in [3.05, 3.63) is 35.7 Å². The summed E-state index contributed by atoms with van der Waals surface area (Å²) in [4.78, 5) is 4.51. The summed E-state index contributed by atoms with van der Waals surface area (Å²) in [6, 6.07) is 8.41. The highest BCUT2D eigenvalue weighted by Crippen LogP contribution is 2.26. The van der Waals surface area contributed by atoms with Gasteiger partial charge in [0.1, 0.15) is 0 Å². The zero-order chi connectivity index (χ0) is 14.8. The fourth-order valence-corrected chi connectivity index (χ4v) is 2.58. The first kappa shape index (κ1) is 14.2. The van der Waals surface area contributed by atoms with Crippen LogP contribution in [0, 0.1) is 0 Å². The molecule has 5 heteroatoms. The van der Waals surface area contributed by atoms with Crippen molar-refractivity contribution in [3.8, 4) is 11.4 Å².